The summed E-state index contributed by atoms with van der Waals surface area (Å²) < 4.78 is 0. The van der Waals surface area contributed by atoms with Crippen molar-refractivity contribution in [3.05, 3.63) is 18.3 Å². The van der Waals surface area contributed by atoms with Gasteiger partial charge < -0.3 is 11.1 Å². The first kappa shape index (κ1) is 11.7. The van der Waals surface area contributed by atoms with Gasteiger partial charge in [0.05, 0.1) is 16.9 Å². The Morgan fingerprint density at radius 2 is 2.44 bits per heavy atom. The lowest BCUT2D eigenvalue weighted by Gasteiger charge is -2.08. The van der Waals surface area contributed by atoms with Crippen LogP contribution < -0.4 is 11.1 Å². The minimum atomic E-state index is 0.736. The van der Waals surface area contributed by atoms with Crippen LogP contribution in [0.3, 0.4) is 0 Å². The number of anilines is 1. The fourth-order valence-electron chi connectivity index (χ4n) is 1.99. The zero-order chi connectivity index (χ0) is 11.2. The molecule has 1 unspecified atom stereocenters. The Hall–Kier alpha value is -0.740. The lowest BCUT2D eigenvalue weighted by atomic mass is 10.1. The molecule has 1 aliphatic rings. The van der Waals surface area contributed by atoms with Crippen molar-refractivity contribution in [2.24, 2.45) is 0 Å². The summed E-state index contributed by atoms with van der Waals surface area (Å²) in [5, 5.41) is 4.60. The van der Waals surface area contributed by atoms with E-state index in [9.17, 15) is 0 Å². The molecule has 2 rings (SSSR count). The number of aromatic nitrogens is 1. The first-order valence-electron chi connectivity index (χ1n) is 5.92. The molecule has 1 fully saturated rings. The molecule has 0 bridgehead atoms. The van der Waals surface area contributed by atoms with E-state index in [-0.39, 0.29) is 0 Å². The Morgan fingerprint density at radius 1 is 1.50 bits per heavy atom. The van der Waals surface area contributed by atoms with Gasteiger partial charge in [-0.1, -0.05) is 0 Å². The number of pyridine rings is 1. The average Bonchev–Trinajstić information content (AvgIpc) is 2.80. The van der Waals surface area contributed by atoms with Crippen molar-refractivity contribution in [1.82, 2.24) is 10.3 Å². The van der Waals surface area contributed by atoms with Crippen LogP contribution in [0.25, 0.3) is 0 Å². The maximum Gasteiger partial charge on any atom is 0.0961 e. The SMILES string of the molecule is Nc1ccc(SCCCC2CCCN2)nc1. The summed E-state index contributed by atoms with van der Waals surface area (Å²) in [6.45, 7) is 1.21. The molecule has 1 aromatic heterocycles. The van der Waals surface area contributed by atoms with E-state index in [0.717, 1.165) is 22.5 Å². The second-order valence-electron chi connectivity index (χ2n) is 4.21. The molecule has 4 heteroatoms. The predicted molar refractivity (Wildman–Crippen MR) is 69.6 cm³/mol. The van der Waals surface area contributed by atoms with Crippen LogP contribution >= 0.6 is 11.8 Å². The topological polar surface area (TPSA) is 50.9 Å². The first-order valence-corrected chi connectivity index (χ1v) is 6.91. The first-order chi connectivity index (χ1) is 7.84. The summed E-state index contributed by atoms with van der Waals surface area (Å²) in [5.41, 5.74) is 6.32. The highest BCUT2D eigenvalue weighted by atomic mass is 32.2. The van der Waals surface area contributed by atoms with Gasteiger partial charge in [0, 0.05) is 6.04 Å². The van der Waals surface area contributed by atoms with Crippen molar-refractivity contribution in [2.45, 2.75) is 36.8 Å². The third kappa shape index (κ3) is 3.68. The normalized spacial score (nSPS) is 20.1. The highest BCUT2D eigenvalue weighted by Gasteiger charge is 2.12. The van der Waals surface area contributed by atoms with Gasteiger partial charge in [0.2, 0.25) is 0 Å². The lowest BCUT2D eigenvalue weighted by molar-refractivity contribution is 0.553. The zero-order valence-corrected chi connectivity index (χ0v) is 10.3. The highest BCUT2D eigenvalue weighted by molar-refractivity contribution is 7.99. The molecule has 1 aliphatic heterocycles. The number of rotatable bonds is 5. The summed E-state index contributed by atoms with van der Waals surface area (Å²) in [6, 6.07) is 4.67. The van der Waals surface area contributed by atoms with E-state index < -0.39 is 0 Å². The van der Waals surface area contributed by atoms with E-state index in [1.165, 1.54) is 32.2 Å². The molecule has 2 heterocycles. The number of nitrogens with zero attached hydrogens (tertiary/aromatic N) is 1. The molecule has 1 saturated heterocycles. The Balaban J connectivity index is 1.62. The molecule has 0 spiro atoms. The molecule has 16 heavy (non-hydrogen) atoms. The van der Waals surface area contributed by atoms with Crippen molar-refractivity contribution in [3.8, 4) is 0 Å². The minimum Gasteiger partial charge on any atom is -0.397 e. The predicted octanol–water partition coefficient (Wildman–Crippen LogP) is 2.29. The lowest BCUT2D eigenvalue weighted by Crippen LogP contribution is -2.20. The zero-order valence-electron chi connectivity index (χ0n) is 9.48. The van der Waals surface area contributed by atoms with E-state index >= 15 is 0 Å². The fraction of sp³-hybridized carbons (Fsp3) is 0.583. The Bertz CT molecular complexity index is 307. The van der Waals surface area contributed by atoms with Gasteiger partial charge in [-0.15, -0.1) is 11.8 Å². The van der Waals surface area contributed by atoms with Crippen LogP contribution in [0.1, 0.15) is 25.7 Å². The van der Waals surface area contributed by atoms with Crippen LogP contribution in [-0.4, -0.2) is 23.3 Å². The maximum atomic E-state index is 5.58. The monoisotopic (exact) mass is 237 g/mol. The molecular weight excluding hydrogens is 218 g/mol. The van der Waals surface area contributed by atoms with Crippen molar-refractivity contribution < 1.29 is 0 Å². The quantitative estimate of drug-likeness (QED) is 0.609. The van der Waals surface area contributed by atoms with Gasteiger partial charge in [0.15, 0.2) is 0 Å². The average molecular weight is 237 g/mol. The summed E-state index contributed by atoms with van der Waals surface area (Å²) >= 11 is 1.82. The number of hydrogen-bond acceptors (Lipinski definition) is 4. The van der Waals surface area contributed by atoms with E-state index in [1.807, 2.05) is 23.9 Å². The van der Waals surface area contributed by atoms with Gasteiger partial charge in [-0.2, -0.15) is 0 Å². The summed E-state index contributed by atoms with van der Waals surface area (Å²) in [7, 11) is 0. The van der Waals surface area contributed by atoms with E-state index in [4.69, 9.17) is 5.73 Å². The molecule has 0 aromatic carbocycles. The smallest absolute Gasteiger partial charge is 0.0961 e. The highest BCUT2D eigenvalue weighted by Crippen LogP contribution is 2.19. The van der Waals surface area contributed by atoms with Crippen LogP contribution in [0, 0.1) is 0 Å². The van der Waals surface area contributed by atoms with E-state index in [0.29, 0.717) is 0 Å². The molecular formula is C12H19N3S. The van der Waals surface area contributed by atoms with Gasteiger partial charge in [-0.25, -0.2) is 4.98 Å². The Kier molecular flexibility index (Phi) is 4.48. The molecule has 1 atom stereocenters. The number of nitrogen functional groups attached to an aromatic ring is 1. The van der Waals surface area contributed by atoms with Crippen LogP contribution in [0.15, 0.2) is 23.4 Å². The molecule has 0 aliphatic carbocycles. The third-order valence-electron chi connectivity index (χ3n) is 2.87. The molecule has 3 N–H and O–H groups in total. The molecule has 1 aromatic rings. The molecule has 0 radical (unpaired) electrons. The largest absolute Gasteiger partial charge is 0.397 e. The number of nitrogens with two attached hydrogens (primary N) is 1. The number of hydrogen-bond donors (Lipinski definition) is 2. The summed E-state index contributed by atoms with van der Waals surface area (Å²) in [5.74, 6) is 1.15. The van der Waals surface area contributed by atoms with Crippen molar-refractivity contribution in [2.75, 3.05) is 18.0 Å². The Morgan fingerprint density at radius 3 is 3.12 bits per heavy atom. The van der Waals surface area contributed by atoms with Crippen molar-refractivity contribution >= 4 is 17.4 Å². The maximum absolute atomic E-state index is 5.58. The van der Waals surface area contributed by atoms with E-state index in [1.54, 1.807) is 6.20 Å². The second kappa shape index (κ2) is 6.11. The fourth-order valence-corrected chi connectivity index (χ4v) is 2.80. The van der Waals surface area contributed by atoms with Gasteiger partial charge >= 0.3 is 0 Å². The van der Waals surface area contributed by atoms with Crippen LogP contribution in [0.5, 0.6) is 0 Å². The summed E-state index contributed by atoms with van der Waals surface area (Å²) in [6.07, 6.45) is 6.97. The van der Waals surface area contributed by atoms with Gasteiger partial charge in [-0.05, 0) is 50.1 Å². The second-order valence-corrected chi connectivity index (χ2v) is 5.33. The van der Waals surface area contributed by atoms with E-state index in [2.05, 4.69) is 10.3 Å². The van der Waals surface area contributed by atoms with Crippen molar-refractivity contribution in [3.63, 3.8) is 0 Å². The van der Waals surface area contributed by atoms with Crippen LogP contribution in [0.2, 0.25) is 0 Å². The standard InChI is InChI=1S/C12H19N3S/c13-10-5-6-12(15-9-10)16-8-2-4-11-3-1-7-14-11/h5-6,9,11,14H,1-4,7-8,13H2. The molecule has 0 saturated carbocycles. The van der Waals surface area contributed by atoms with Gasteiger partial charge in [0.25, 0.3) is 0 Å². The molecule has 88 valence electrons. The van der Waals surface area contributed by atoms with Gasteiger partial charge in [0.1, 0.15) is 0 Å². The van der Waals surface area contributed by atoms with Crippen LogP contribution in [-0.2, 0) is 0 Å². The number of nitrogens with one attached hydrogen (secondary N) is 1. The molecule has 3 nitrogen and oxygen atoms in total. The number of thioether (sulfide) groups is 1. The van der Waals surface area contributed by atoms with Gasteiger partial charge in [-0.3, -0.25) is 0 Å². The third-order valence-corrected chi connectivity index (χ3v) is 3.90. The minimum absolute atomic E-state index is 0.736. The summed E-state index contributed by atoms with van der Waals surface area (Å²) in [4.78, 5) is 4.27. The van der Waals surface area contributed by atoms with Crippen molar-refractivity contribution in [1.29, 1.82) is 0 Å². The molecule has 0 amide bonds. The Labute approximate surface area is 101 Å². The van der Waals surface area contributed by atoms with Crippen LogP contribution in [0.4, 0.5) is 5.69 Å².